The summed E-state index contributed by atoms with van der Waals surface area (Å²) in [5, 5.41) is 2.53. The van der Waals surface area contributed by atoms with Gasteiger partial charge in [-0.05, 0) is 51.8 Å². The Morgan fingerprint density at radius 2 is 1.59 bits per heavy atom. The van der Waals surface area contributed by atoms with E-state index < -0.39 is 28.8 Å². The van der Waals surface area contributed by atoms with Gasteiger partial charge in [-0.3, -0.25) is 14.4 Å². The van der Waals surface area contributed by atoms with Crippen LogP contribution in [0.15, 0.2) is 44.5 Å². The molecule has 5 N–H and O–H groups in total. The Balaban J connectivity index is 0.000000424. The zero-order chi connectivity index (χ0) is 35.2. The van der Waals surface area contributed by atoms with Crippen LogP contribution in [0.3, 0.4) is 0 Å². The highest BCUT2D eigenvalue weighted by Crippen LogP contribution is 2.44. The molecule has 4 aromatic rings. The molecule has 0 atom stereocenters. The molecular formula is C33H41ClF3N5O7. The number of fused-ring (bicyclic) bond motifs is 1. The summed E-state index contributed by atoms with van der Waals surface area (Å²) in [6.07, 6.45) is -2.44. The van der Waals surface area contributed by atoms with Crippen LogP contribution in [0.4, 0.5) is 18.9 Å². The molecule has 16 heteroatoms. The minimum Gasteiger partial charge on any atom is -0.496 e. The number of carbonyl (C=O) groups is 1. The molecule has 268 valence electrons. The lowest BCUT2D eigenvalue weighted by Crippen LogP contribution is -2.41. The van der Waals surface area contributed by atoms with Gasteiger partial charge in [0, 0.05) is 55.2 Å². The highest BCUT2D eigenvalue weighted by Gasteiger charge is 2.42. The Morgan fingerprint density at radius 3 is 2.12 bits per heavy atom. The number of nitrogens with two attached hydrogens (primary N) is 1. The number of benzene rings is 1. The molecule has 0 saturated carbocycles. The quantitative estimate of drug-likeness (QED) is 0.188. The predicted molar refractivity (Wildman–Crippen MR) is 181 cm³/mol. The Kier molecular flexibility index (Phi) is 13.3. The van der Waals surface area contributed by atoms with E-state index in [9.17, 15) is 27.6 Å². The number of nitrogens with one attached hydrogen (secondary N) is 3. The van der Waals surface area contributed by atoms with Crippen molar-refractivity contribution >= 4 is 35.0 Å². The number of halogens is 4. The van der Waals surface area contributed by atoms with Crippen LogP contribution >= 0.6 is 12.4 Å². The average molecular weight is 712 g/mol. The van der Waals surface area contributed by atoms with E-state index in [0.29, 0.717) is 49.6 Å². The average Bonchev–Trinajstić information content (AvgIpc) is 3.52. The number of nitrogens with zero attached hydrogens (tertiary/aromatic N) is 1. The number of anilines is 1. The number of hydrogen-bond acceptors (Lipinski definition) is 9. The molecule has 0 bridgehead atoms. The number of H-pyrrole nitrogens is 2. The summed E-state index contributed by atoms with van der Waals surface area (Å²) in [6, 6.07) is 5.84. The second kappa shape index (κ2) is 16.8. The summed E-state index contributed by atoms with van der Waals surface area (Å²) in [5.41, 5.74) is 5.09. The SMILES string of the molecule is CCN(c1cc2occc2c(C(=O)NCc2c(OC)cc(C)[nH]c2=O)c1C(F)(F)F)C1CCOCC1.COc1cc(C)[nH]c(=O)c1CN.Cl. The molecule has 1 fully saturated rings. The Bertz CT molecular complexity index is 1870. The summed E-state index contributed by atoms with van der Waals surface area (Å²) in [5.74, 6) is -0.189. The van der Waals surface area contributed by atoms with Gasteiger partial charge in [0.2, 0.25) is 0 Å². The van der Waals surface area contributed by atoms with Crippen LogP contribution in [-0.2, 0) is 24.0 Å². The first kappa shape index (κ1) is 39.0. The van der Waals surface area contributed by atoms with E-state index >= 15 is 0 Å². The molecule has 0 aliphatic carbocycles. The number of aryl methyl sites for hydroxylation is 2. The molecular weight excluding hydrogens is 671 g/mol. The molecule has 0 radical (unpaired) electrons. The molecule has 1 aromatic carbocycles. The fourth-order valence-electron chi connectivity index (χ4n) is 5.82. The number of furan rings is 1. The zero-order valence-electron chi connectivity index (χ0n) is 27.8. The standard InChI is InChI=1S/C25H28F3N3O5.C8H12N2O2.ClH/c1-4-31(15-5-8-35-9-6-15)18-12-20-16(7-10-36-20)21(22(18)25(26,27)28)24(33)29-13-17-19(34-3)11-14(2)30-23(17)32;1-5-3-7(12-2)6(4-9)8(11)10-5;/h7,10-12,15H,4-6,8-9,13H2,1-3H3,(H,29,33)(H,30,32);3H,4,9H2,1-2H3,(H,10,11);1H. The number of hydrogen-bond donors (Lipinski definition) is 4. The summed E-state index contributed by atoms with van der Waals surface area (Å²) in [7, 11) is 2.89. The maximum atomic E-state index is 14.6. The van der Waals surface area contributed by atoms with E-state index in [1.165, 1.54) is 32.6 Å². The molecule has 4 heterocycles. The van der Waals surface area contributed by atoms with E-state index in [1.807, 2.05) is 0 Å². The van der Waals surface area contributed by atoms with Crippen molar-refractivity contribution in [2.45, 2.75) is 58.9 Å². The number of alkyl halides is 3. The number of amides is 1. The molecule has 3 aromatic heterocycles. The van der Waals surface area contributed by atoms with Crippen molar-refractivity contribution in [3.8, 4) is 11.5 Å². The van der Waals surface area contributed by atoms with E-state index in [4.69, 9.17) is 24.4 Å². The van der Waals surface area contributed by atoms with E-state index in [-0.39, 0.29) is 65.1 Å². The largest absolute Gasteiger partial charge is 0.496 e. The van der Waals surface area contributed by atoms with Crippen molar-refractivity contribution in [3.63, 3.8) is 0 Å². The third kappa shape index (κ3) is 8.77. The van der Waals surface area contributed by atoms with Crippen molar-refractivity contribution in [3.05, 3.63) is 84.9 Å². The maximum Gasteiger partial charge on any atom is 0.419 e. The van der Waals surface area contributed by atoms with Gasteiger partial charge < -0.3 is 44.5 Å². The molecule has 5 rings (SSSR count). The molecule has 0 spiro atoms. The van der Waals surface area contributed by atoms with E-state index in [0.717, 1.165) is 5.69 Å². The van der Waals surface area contributed by atoms with Gasteiger partial charge >= 0.3 is 6.18 Å². The summed E-state index contributed by atoms with van der Waals surface area (Å²) >= 11 is 0. The first-order valence-electron chi connectivity index (χ1n) is 15.3. The number of carbonyl (C=O) groups excluding carboxylic acids is 1. The van der Waals surface area contributed by atoms with Crippen molar-refractivity contribution in [2.75, 3.05) is 38.9 Å². The second-order valence-electron chi connectivity index (χ2n) is 11.1. The third-order valence-electron chi connectivity index (χ3n) is 8.06. The lowest BCUT2D eigenvalue weighted by Gasteiger charge is -2.37. The number of aromatic nitrogens is 2. The van der Waals surface area contributed by atoms with E-state index in [1.54, 1.807) is 37.8 Å². The molecule has 1 aliphatic rings. The van der Waals surface area contributed by atoms with Crippen molar-refractivity contribution in [1.29, 1.82) is 0 Å². The minimum absolute atomic E-state index is 0. The maximum absolute atomic E-state index is 14.6. The highest BCUT2D eigenvalue weighted by molar-refractivity contribution is 6.09. The number of aromatic amines is 2. The van der Waals surface area contributed by atoms with Gasteiger partial charge in [-0.1, -0.05) is 0 Å². The highest BCUT2D eigenvalue weighted by atomic mass is 35.5. The fourth-order valence-corrected chi connectivity index (χ4v) is 5.82. The molecule has 49 heavy (non-hydrogen) atoms. The fraction of sp³-hybridized carbons (Fsp3) is 0.424. The van der Waals surface area contributed by atoms with Crippen LogP contribution in [0.5, 0.6) is 11.5 Å². The van der Waals surface area contributed by atoms with Crippen LogP contribution in [0.2, 0.25) is 0 Å². The third-order valence-corrected chi connectivity index (χ3v) is 8.06. The second-order valence-corrected chi connectivity index (χ2v) is 11.1. The summed E-state index contributed by atoms with van der Waals surface area (Å²) < 4.78 is 64.9. The number of rotatable bonds is 9. The van der Waals surface area contributed by atoms with E-state index in [2.05, 4.69) is 15.3 Å². The molecule has 1 aliphatic heterocycles. The lowest BCUT2D eigenvalue weighted by atomic mass is 9.96. The van der Waals surface area contributed by atoms with Crippen LogP contribution in [0.25, 0.3) is 11.0 Å². The van der Waals surface area contributed by atoms with Gasteiger partial charge in [0.1, 0.15) is 17.1 Å². The first-order valence-corrected chi connectivity index (χ1v) is 15.3. The molecule has 1 saturated heterocycles. The summed E-state index contributed by atoms with van der Waals surface area (Å²) in [6.45, 7) is 6.31. The summed E-state index contributed by atoms with van der Waals surface area (Å²) in [4.78, 5) is 44.0. The Labute approximate surface area is 286 Å². The number of ether oxygens (including phenoxy) is 3. The predicted octanol–water partition coefficient (Wildman–Crippen LogP) is 4.96. The molecule has 0 unspecified atom stereocenters. The Morgan fingerprint density at radius 1 is 1.02 bits per heavy atom. The smallest absolute Gasteiger partial charge is 0.419 e. The van der Waals surface area contributed by atoms with Crippen LogP contribution in [0.1, 0.15) is 58.2 Å². The van der Waals surface area contributed by atoms with Crippen molar-refractivity contribution in [1.82, 2.24) is 15.3 Å². The van der Waals surface area contributed by atoms with Crippen molar-refractivity contribution < 1.29 is 36.6 Å². The molecule has 1 amide bonds. The van der Waals surface area contributed by atoms with Gasteiger partial charge in [0.25, 0.3) is 17.0 Å². The molecule has 12 nitrogen and oxygen atoms in total. The van der Waals surface area contributed by atoms with Gasteiger partial charge in [-0.2, -0.15) is 13.2 Å². The van der Waals surface area contributed by atoms with Crippen molar-refractivity contribution in [2.24, 2.45) is 5.73 Å². The van der Waals surface area contributed by atoms with Crippen LogP contribution in [-0.4, -0.2) is 55.9 Å². The lowest BCUT2D eigenvalue weighted by molar-refractivity contribution is -0.137. The van der Waals surface area contributed by atoms with Gasteiger partial charge in [0.05, 0.1) is 55.0 Å². The first-order chi connectivity index (χ1) is 22.8. The van der Waals surface area contributed by atoms with Crippen LogP contribution in [0, 0.1) is 13.8 Å². The Hall–Kier alpha value is -4.47. The van der Waals surface area contributed by atoms with Gasteiger partial charge in [-0.15, -0.1) is 12.4 Å². The number of pyridine rings is 2. The normalized spacial score (nSPS) is 13.2. The monoisotopic (exact) mass is 711 g/mol. The minimum atomic E-state index is -4.83. The van der Waals surface area contributed by atoms with Crippen LogP contribution < -0.4 is 36.5 Å². The zero-order valence-corrected chi connectivity index (χ0v) is 28.7. The number of methoxy groups -OCH3 is 2. The van der Waals surface area contributed by atoms with Gasteiger partial charge in [-0.25, -0.2) is 0 Å². The van der Waals surface area contributed by atoms with Gasteiger partial charge in [0.15, 0.2) is 0 Å². The topological polar surface area (TPSA) is 165 Å².